The summed E-state index contributed by atoms with van der Waals surface area (Å²) in [6.45, 7) is 6.64. The van der Waals surface area contributed by atoms with Gasteiger partial charge in [0.1, 0.15) is 23.9 Å². The molecule has 12 unspecified atom stereocenters. The Labute approximate surface area is 334 Å². The summed E-state index contributed by atoms with van der Waals surface area (Å²) in [7, 11) is 1.57. The van der Waals surface area contributed by atoms with Gasteiger partial charge in [-0.2, -0.15) is 0 Å². The van der Waals surface area contributed by atoms with E-state index in [2.05, 4.69) is 68.5 Å². The molecule has 13 nitrogen and oxygen atoms in total. The highest BCUT2D eigenvalue weighted by Crippen LogP contribution is 2.48. The van der Waals surface area contributed by atoms with Crippen LogP contribution in [0.4, 0.5) is 15.8 Å². The van der Waals surface area contributed by atoms with Crippen LogP contribution >= 0.6 is 0 Å². The van der Waals surface area contributed by atoms with Crippen LogP contribution < -0.4 is 48.3 Å². The number of fused-ring (bicyclic) bond motifs is 2. The first-order valence-corrected chi connectivity index (χ1v) is 21.2. The molecule has 2 aliphatic carbocycles. The maximum atomic E-state index is 14.6. The molecule has 0 bridgehead atoms. The van der Waals surface area contributed by atoms with E-state index in [1.54, 1.807) is 13.1 Å². The molecule has 57 heavy (non-hydrogen) atoms. The molecule has 308 valence electrons. The van der Waals surface area contributed by atoms with Gasteiger partial charge in [0.05, 0.1) is 5.92 Å². The number of amides is 4. The third kappa shape index (κ3) is 7.97. The number of likely N-dealkylation sites (N-methyl/N-ethyl adjacent to an activating group) is 1. The standard InChI is InChI=1S/C43H60FN9O4/c1-20-7-5-8-23-16-33(49-35(20)23)41(55)52-38(37-22(3)15-24(19-47-37)40(54)51-31-14-13-29(31)45)26-17-25(26)30-9-6-10-32(48-30)39(43(57)46-4)53-42(56)34-18-27-28(44)12-11-21(2)36(27)50-34/h5,7-8,11-12,22,24-26,29-34,37-39,47-50H,6,9-10,13-19,45H2,1-4H3,(H,46,57)(H,51,54)(H,52,55)(H,53,56)/t22?,24?,25?,26?,29-,30?,31?,32?,33?,34?,37?,38?,39?/m0/s1. The number of rotatable bonds is 11. The molecular formula is C43H60FN9O4. The number of anilines is 2. The minimum absolute atomic E-state index is 0.0227. The average Bonchev–Trinajstić information content (AvgIpc) is 3.63. The van der Waals surface area contributed by atoms with Crippen LogP contribution in [0, 0.1) is 43.3 Å². The maximum Gasteiger partial charge on any atom is 0.243 e. The summed E-state index contributed by atoms with van der Waals surface area (Å²) >= 11 is 0. The molecule has 2 saturated carbocycles. The van der Waals surface area contributed by atoms with Crippen molar-refractivity contribution >= 4 is 35.0 Å². The Kier molecular flexibility index (Phi) is 11.2. The van der Waals surface area contributed by atoms with Gasteiger partial charge < -0.3 is 48.3 Å². The SMILES string of the molecule is CNC(=O)C(NC(=O)C1Cc2c(F)ccc(C)c2N1)C1CCCC(C2CC2C(NC(=O)C2Cc3cccc(C)c3N2)C2NCC(C(=O)NC3CC[C@@H]3N)CC2C)N1. The number of nitrogens with two attached hydrogens (primary N) is 1. The van der Waals surface area contributed by atoms with Gasteiger partial charge >= 0.3 is 0 Å². The number of benzene rings is 2. The molecule has 4 aliphatic heterocycles. The number of carbonyl (C=O) groups is 4. The largest absolute Gasteiger partial charge is 0.373 e. The molecule has 13 atom stereocenters. The lowest BCUT2D eigenvalue weighted by Gasteiger charge is -2.42. The van der Waals surface area contributed by atoms with E-state index in [-0.39, 0.29) is 102 Å². The molecule has 0 radical (unpaired) electrons. The first-order valence-electron chi connectivity index (χ1n) is 21.2. The van der Waals surface area contributed by atoms with E-state index in [0.717, 1.165) is 54.5 Å². The molecule has 2 aromatic rings. The summed E-state index contributed by atoms with van der Waals surface area (Å²) in [6, 6.07) is 7.07. The minimum atomic E-state index is -0.814. The predicted molar refractivity (Wildman–Crippen MR) is 217 cm³/mol. The molecule has 4 amide bonds. The molecule has 14 heteroatoms. The molecule has 2 saturated heterocycles. The van der Waals surface area contributed by atoms with Crippen molar-refractivity contribution in [3.63, 3.8) is 0 Å². The second kappa shape index (κ2) is 16.2. The zero-order valence-electron chi connectivity index (χ0n) is 33.6. The van der Waals surface area contributed by atoms with Crippen molar-refractivity contribution in [1.82, 2.24) is 31.9 Å². The first-order chi connectivity index (χ1) is 27.4. The van der Waals surface area contributed by atoms with Gasteiger partial charge in [0.15, 0.2) is 0 Å². The smallest absolute Gasteiger partial charge is 0.243 e. The van der Waals surface area contributed by atoms with Crippen molar-refractivity contribution in [2.45, 2.75) is 133 Å². The second-order valence-electron chi connectivity index (χ2n) is 17.8. The van der Waals surface area contributed by atoms with Gasteiger partial charge in [0, 0.05) is 79.6 Å². The third-order valence-corrected chi connectivity index (χ3v) is 14.1. The van der Waals surface area contributed by atoms with E-state index in [1.807, 2.05) is 13.0 Å². The average molecular weight is 786 g/mol. The number of para-hydroxylation sites is 1. The van der Waals surface area contributed by atoms with Crippen molar-refractivity contribution in [3.05, 3.63) is 58.4 Å². The molecule has 8 rings (SSSR count). The molecule has 0 aromatic heterocycles. The summed E-state index contributed by atoms with van der Waals surface area (Å²) in [6.07, 6.45) is 6.82. The topological polar surface area (TPSA) is 191 Å². The summed E-state index contributed by atoms with van der Waals surface area (Å²) < 4.78 is 14.6. The van der Waals surface area contributed by atoms with Gasteiger partial charge in [-0.25, -0.2) is 4.39 Å². The Hall–Kier alpha value is -4.27. The number of piperidine rings is 2. The fourth-order valence-electron chi connectivity index (χ4n) is 10.5. The lowest BCUT2D eigenvalue weighted by Crippen LogP contribution is -2.63. The van der Waals surface area contributed by atoms with Crippen LogP contribution in [0.15, 0.2) is 30.3 Å². The van der Waals surface area contributed by atoms with E-state index in [1.165, 1.54) is 6.07 Å². The summed E-state index contributed by atoms with van der Waals surface area (Å²) in [5.74, 6) is -0.552. The van der Waals surface area contributed by atoms with Crippen molar-refractivity contribution in [1.29, 1.82) is 0 Å². The van der Waals surface area contributed by atoms with Gasteiger partial charge in [-0.1, -0.05) is 37.6 Å². The highest BCUT2D eigenvalue weighted by atomic mass is 19.1. The van der Waals surface area contributed by atoms with Gasteiger partial charge in [0.2, 0.25) is 23.6 Å². The number of aryl methyl sites for hydroxylation is 2. The Bertz CT molecular complexity index is 1860. The first kappa shape index (κ1) is 39.6. The Morgan fingerprint density at radius 2 is 1.63 bits per heavy atom. The Balaban J connectivity index is 0.947. The minimum Gasteiger partial charge on any atom is -0.373 e. The lowest BCUT2D eigenvalue weighted by atomic mass is 9.79. The van der Waals surface area contributed by atoms with Crippen molar-refractivity contribution < 1.29 is 23.6 Å². The fourth-order valence-corrected chi connectivity index (χ4v) is 10.5. The fraction of sp³-hybridized carbons (Fsp3) is 0.628. The summed E-state index contributed by atoms with van der Waals surface area (Å²) in [5, 5.41) is 26.6. The Morgan fingerprint density at radius 1 is 0.877 bits per heavy atom. The zero-order chi connectivity index (χ0) is 40.1. The lowest BCUT2D eigenvalue weighted by molar-refractivity contribution is -0.130. The monoisotopic (exact) mass is 785 g/mol. The van der Waals surface area contributed by atoms with Crippen LogP contribution in [0.1, 0.15) is 74.1 Å². The molecule has 0 spiro atoms. The van der Waals surface area contributed by atoms with Crippen molar-refractivity contribution in [3.8, 4) is 0 Å². The van der Waals surface area contributed by atoms with E-state index in [0.29, 0.717) is 37.1 Å². The maximum absolute atomic E-state index is 14.6. The predicted octanol–water partition coefficient (Wildman–Crippen LogP) is 1.90. The van der Waals surface area contributed by atoms with Gasteiger partial charge in [-0.3, -0.25) is 19.2 Å². The van der Waals surface area contributed by atoms with Crippen LogP contribution in [0.25, 0.3) is 0 Å². The quantitative estimate of drug-likeness (QED) is 0.164. The third-order valence-electron chi connectivity index (χ3n) is 14.1. The summed E-state index contributed by atoms with van der Waals surface area (Å²) in [4.78, 5) is 54.4. The van der Waals surface area contributed by atoms with Crippen LogP contribution in [0.5, 0.6) is 0 Å². The van der Waals surface area contributed by atoms with Crippen LogP contribution in [0.2, 0.25) is 0 Å². The normalized spacial score (nSPS) is 33.5. The Morgan fingerprint density at radius 3 is 2.33 bits per heavy atom. The molecule has 4 fully saturated rings. The van der Waals surface area contributed by atoms with E-state index < -0.39 is 12.1 Å². The van der Waals surface area contributed by atoms with Crippen molar-refractivity contribution in [2.24, 2.45) is 29.4 Å². The molecular weight excluding hydrogens is 726 g/mol. The number of halogens is 1. The molecule has 10 N–H and O–H groups in total. The number of hydrogen-bond acceptors (Lipinski definition) is 9. The number of hydrogen-bond donors (Lipinski definition) is 9. The molecule has 4 heterocycles. The summed E-state index contributed by atoms with van der Waals surface area (Å²) in [5.41, 5.74) is 11.4. The van der Waals surface area contributed by atoms with E-state index >= 15 is 0 Å². The number of carbonyl (C=O) groups excluding carboxylic acids is 4. The zero-order valence-corrected chi connectivity index (χ0v) is 33.6. The van der Waals surface area contributed by atoms with E-state index in [4.69, 9.17) is 5.73 Å². The van der Waals surface area contributed by atoms with E-state index in [9.17, 15) is 23.6 Å². The molecule has 6 aliphatic rings. The van der Waals surface area contributed by atoms with Crippen LogP contribution in [-0.2, 0) is 32.0 Å². The molecule has 2 aromatic carbocycles. The highest BCUT2D eigenvalue weighted by Gasteiger charge is 2.53. The second-order valence-corrected chi connectivity index (χ2v) is 17.8. The van der Waals surface area contributed by atoms with Crippen LogP contribution in [-0.4, -0.2) is 91.6 Å². The number of nitrogens with one attached hydrogen (secondary N) is 8. The van der Waals surface area contributed by atoms with Gasteiger partial charge in [-0.15, -0.1) is 0 Å². The highest BCUT2D eigenvalue weighted by molar-refractivity contribution is 5.93. The van der Waals surface area contributed by atoms with Gasteiger partial charge in [-0.05, 0) is 92.9 Å². The van der Waals surface area contributed by atoms with Crippen LogP contribution in [0.3, 0.4) is 0 Å². The van der Waals surface area contributed by atoms with Crippen molar-refractivity contribution in [2.75, 3.05) is 24.2 Å². The van der Waals surface area contributed by atoms with Gasteiger partial charge in [0.25, 0.3) is 0 Å².